The van der Waals surface area contributed by atoms with Gasteiger partial charge in [-0.15, -0.1) is 0 Å². The molecular formula is C11H14INO2. The number of carbonyl (C=O) groups excluding carboxylic acids is 1. The van der Waals surface area contributed by atoms with Crippen molar-refractivity contribution in [1.82, 2.24) is 5.32 Å². The molecule has 0 aliphatic heterocycles. The van der Waals surface area contributed by atoms with E-state index in [0.717, 1.165) is 9.13 Å². The van der Waals surface area contributed by atoms with Crippen molar-refractivity contribution in [2.75, 3.05) is 6.61 Å². The van der Waals surface area contributed by atoms with Gasteiger partial charge in [0.05, 0.1) is 12.2 Å². The van der Waals surface area contributed by atoms with Crippen LogP contribution in [0.1, 0.15) is 22.8 Å². The lowest BCUT2D eigenvalue weighted by Gasteiger charge is -2.13. The highest BCUT2D eigenvalue weighted by Gasteiger charge is 2.14. The summed E-state index contributed by atoms with van der Waals surface area (Å²) in [7, 11) is 0. The molecule has 1 unspecified atom stereocenters. The molecule has 0 radical (unpaired) electrons. The number of halogens is 1. The minimum absolute atomic E-state index is 0.0474. The van der Waals surface area contributed by atoms with Crippen LogP contribution in [0.4, 0.5) is 0 Å². The van der Waals surface area contributed by atoms with Crippen molar-refractivity contribution in [3.63, 3.8) is 0 Å². The summed E-state index contributed by atoms with van der Waals surface area (Å²) in [5.41, 5.74) is 1.64. The van der Waals surface area contributed by atoms with Crippen molar-refractivity contribution in [1.29, 1.82) is 0 Å². The molecule has 82 valence electrons. The minimum Gasteiger partial charge on any atom is -0.394 e. The maximum Gasteiger partial charge on any atom is 0.252 e. The molecule has 0 aromatic heterocycles. The van der Waals surface area contributed by atoms with E-state index in [2.05, 4.69) is 27.9 Å². The molecule has 2 N–H and O–H groups in total. The normalized spacial score (nSPS) is 12.3. The van der Waals surface area contributed by atoms with Crippen molar-refractivity contribution in [2.45, 2.75) is 19.9 Å². The van der Waals surface area contributed by atoms with Gasteiger partial charge in [-0.3, -0.25) is 4.79 Å². The molecular weight excluding hydrogens is 305 g/mol. The number of aliphatic hydroxyl groups excluding tert-OH is 1. The number of aryl methyl sites for hydroxylation is 1. The molecule has 0 saturated heterocycles. The highest BCUT2D eigenvalue weighted by atomic mass is 127. The molecule has 3 nitrogen and oxygen atoms in total. The standard InChI is InChI=1S/C11H14INO2/c1-7-4-3-5-9(12)10(7)11(15)13-8(2)6-14/h3-5,8,14H,6H2,1-2H3,(H,13,15). The van der Waals surface area contributed by atoms with Gasteiger partial charge >= 0.3 is 0 Å². The lowest BCUT2D eigenvalue weighted by atomic mass is 10.1. The third-order valence-electron chi connectivity index (χ3n) is 2.10. The molecule has 0 spiro atoms. The summed E-state index contributed by atoms with van der Waals surface area (Å²) >= 11 is 2.14. The average Bonchev–Trinajstić information content (AvgIpc) is 2.17. The van der Waals surface area contributed by atoms with E-state index in [9.17, 15) is 4.79 Å². The zero-order chi connectivity index (χ0) is 11.4. The van der Waals surface area contributed by atoms with E-state index in [1.54, 1.807) is 6.92 Å². The van der Waals surface area contributed by atoms with Crippen molar-refractivity contribution < 1.29 is 9.90 Å². The summed E-state index contributed by atoms with van der Waals surface area (Å²) in [5, 5.41) is 11.6. The molecule has 1 rings (SSSR count). The fraction of sp³-hybridized carbons (Fsp3) is 0.364. The second-order valence-electron chi connectivity index (χ2n) is 3.49. The third-order valence-corrected chi connectivity index (χ3v) is 3.00. The van der Waals surface area contributed by atoms with Gasteiger partial charge in [0.15, 0.2) is 0 Å². The van der Waals surface area contributed by atoms with Crippen LogP contribution < -0.4 is 5.32 Å². The van der Waals surface area contributed by atoms with Gasteiger partial charge in [-0.25, -0.2) is 0 Å². The monoisotopic (exact) mass is 319 g/mol. The van der Waals surface area contributed by atoms with Crippen LogP contribution in [0.3, 0.4) is 0 Å². The predicted octanol–water partition coefficient (Wildman–Crippen LogP) is 1.71. The van der Waals surface area contributed by atoms with Crippen LogP contribution in [0.2, 0.25) is 0 Å². The van der Waals surface area contributed by atoms with Crippen LogP contribution in [0.5, 0.6) is 0 Å². The van der Waals surface area contributed by atoms with Gasteiger partial charge in [-0.2, -0.15) is 0 Å². The molecule has 0 heterocycles. The number of aliphatic hydroxyl groups is 1. The summed E-state index contributed by atoms with van der Waals surface area (Å²) in [6.07, 6.45) is 0. The maximum atomic E-state index is 11.8. The second kappa shape index (κ2) is 5.46. The van der Waals surface area contributed by atoms with E-state index in [1.165, 1.54) is 0 Å². The minimum atomic E-state index is -0.215. The Morgan fingerprint density at radius 3 is 2.80 bits per heavy atom. The van der Waals surface area contributed by atoms with E-state index in [4.69, 9.17) is 5.11 Å². The summed E-state index contributed by atoms with van der Waals surface area (Å²) in [6.45, 7) is 3.62. The van der Waals surface area contributed by atoms with Crippen LogP contribution in [-0.2, 0) is 0 Å². The fourth-order valence-electron chi connectivity index (χ4n) is 1.26. The zero-order valence-electron chi connectivity index (χ0n) is 8.75. The Balaban J connectivity index is 2.91. The van der Waals surface area contributed by atoms with E-state index >= 15 is 0 Å². The SMILES string of the molecule is Cc1cccc(I)c1C(=O)NC(C)CO. The number of carbonyl (C=O) groups is 1. The van der Waals surface area contributed by atoms with Gasteiger partial charge in [0.25, 0.3) is 5.91 Å². The van der Waals surface area contributed by atoms with Gasteiger partial charge < -0.3 is 10.4 Å². The molecule has 0 fully saturated rings. The molecule has 1 atom stereocenters. The van der Waals surface area contributed by atoms with Gasteiger partial charge in [-0.1, -0.05) is 12.1 Å². The van der Waals surface area contributed by atoms with Crippen LogP contribution >= 0.6 is 22.6 Å². The van der Waals surface area contributed by atoms with Gasteiger partial charge in [-0.05, 0) is 48.1 Å². The molecule has 0 aliphatic rings. The summed E-state index contributed by atoms with van der Waals surface area (Å²) in [4.78, 5) is 11.8. The van der Waals surface area contributed by atoms with E-state index < -0.39 is 0 Å². The fourth-order valence-corrected chi connectivity index (χ4v) is 2.14. The molecule has 0 aliphatic carbocycles. The van der Waals surface area contributed by atoms with Crippen LogP contribution in [-0.4, -0.2) is 23.7 Å². The highest BCUT2D eigenvalue weighted by Crippen LogP contribution is 2.16. The largest absolute Gasteiger partial charge is 0.394 e. The Labute approximate surface area is 103 Å². The Bertz CT molecular complexity index is 345. The summed E-state index contributed by atoms with van der Waals surface area (Å²) < 4.78 is 0.926. The first-order valence-corrected chi connectivity index (χ1v) is 5.81. The molecule has 0 saturated carbocycles. The first kappa shape index (κ1) is 12.4. The number of benzene rings is 1. The van der Waals surface area contributed by atoms with E-state index in [1.807, 2.05) is 25.1 Å². The smallest absolute Gasteiger partial charge is 0.252 e. The number of nitrogens with one attached hydrogen (secondary N) is 1. The Morgan fingerprint density at radius 1 is 1.60 bits per heavy atom. The van der Waals surface area contributed by atoms with Crippen molar-refractivity contribution >= 4 is 28.5 Å². The molecule has 4 heteroatoms. The Kier molecular flexibility index (Phi) is 4.53. The van der Waals surface area contributed by atoms with E-state index in [0.29, 0.717) is 5.56 Å². The Morgan fingerprint density at radius 2 is 2.27 bits per heavy atom. The quantitative estimate of drug-likeness (QED) is 0.834. The van der Waals surface area contributed by atoms with Gasteiger partial charge in [0.2, 0.25) is 0 Å². The van der Waals surface area contributed by atoms with E-state index in [-0.39, 0.29) is 18.6 Å². The van der Waals surface area contributed by atoms with Gasteiger partial charge in [0.1, 0.15) is 0 Å². The second-order valence-corrected chi connectivity index (χ2v) is 4.65. The van der Waals surface area contributed by atoms with Crippen molar-refractivity contribution in [3.8, 4) is 0 Å². The molecule has 0 bridgehead atoms. The van der Waals surface area contributed by atoms with Crippen LogP contribution in [0, 0.1) is 10.5 Å². The first-order valence-electron chi connectivity index (χ1n) is 4.73. The number of hydrogen-bond acceptors (Lipinski definition) is 2. The maximum absolute atomic E-state index is 11.8. The predicted molar refractivity (Wildman–Crippen MR) is 67.9 cm³/mol. The molecule has 1 aromatic carbocycles. The number of amides is 1. The third kappa shape index (κ3) is 3.17. The Hall–Kier alpha value is -0.620. The van der Waals surface area contributed by atoms with Gasteiger partial charge in [0, 0.05) is 9.61 Å². The van der Waals surface area contributed by atoms with Crippen LogP contribution in [0.15, 0.2) is 18.2 Å². The average molecular weight is 319 g/mol. The van der Waals surface area contributed by atoms with Crippen molar-refractivity contribution in [2.24, 2.45) is 0 Å². The molecule has 1 aromatic rings. The zero-order valence-corrected chi connectivity index (χ0v) is 10.9. The number of rotatable bonds is 3. The van der Waals surface area contributed by atoms with Crippen molar-refractivity contribution in [3.05, 3.63) is 32.9 Å². The lowest BCUT2D eigenvalue weighted by molar-refractivity contribution is 0.0921. The first-order chi connectivity index (χ1) is 7.06. The lowest BCUT2D eigenvalue weighted by Crippen LogP contribution is -2.35. The molecule has 15 heavy (non-hydrogen) atoms. The van der Waals surface area contributed by atoms with Crippen LogP contribution in [0.25, 0.3) is 0 Å². The summed E-state index contributed by atoms with van der Waals surface area (Å²) in [5.74, 6) is -0.126. The molecule has 1 amide bonds. The highest BCUT2D eigenvalue weighted by molar-refractivity contribution is 14.1. The summed E-state index contributed by atoms with van der Waals surface area (Å²) in [6, 6.07) is 5.50. The topological polar surface area (TPSA) is 49.3 Å². The number of hydrogen-bond donors (Lipinski definition) is 2.